The summed E-state index contributed by atoms with van der Waals surface area (Å²) in [5, 5.41) is 13.9. The zero-order chi connectivity index (χ0) is 23.9. The molecule has 1 unspecified atom stereocenters. The maximum absolute atomic E-state index is 11.5. The van der Waals surface area contributed by atoms with Crippen LogP contribution in [0.1, 0.15) is 50.6 Å². The Bertz CT molecular complexity index is 1090. The lowest BCUT2D eigenvalue weighted by Gasteiger charge is -2.43. The Hall–Kier alpha value is -3.03. The molecule has 0 radical (unpaired) electrons. The van der Waals surface area contributed by atoms with E-state index in [2.05, 4.69) is 34.8 Å². The van der Waals surface area contributed by atoms with Crippen LogP contribution in [0.2, 0.25) is 0 Å². The molecule has 180 valence electrons. The number of ether oxygens (including phenoxy) is 1. The van der Waals surface area contributed by atoms with Crippen LogP contribution in [0.25, 0.3) is 10.9 Å². The van der Waals surface area contributed by atoms with Gasteiger partial charge in [0.15, 0.2) is 0 Å². The summed E-state index contributed by atoms with van der Waals surface area (Å²) < 4.78 is 6.05. The van der Waals surface area contributed by atoms with E-state index in [0.29, 0.717) is 6.61 Å². The molecule has 0 saturated carbocycles. The van der Waals surface area contributed by atoms with E-state index in [1.807, 2.05) is 30.3 Å². The fourth-order valence-corrected chi connectivity index (χ4v) is 4.54. The summed E-state index contributed by atoms with van der Waals surface area (Å²) in [6.45, 7) is 9.11. The number of nitrogens with zero attached hydrogens (tertiary/aromatic N) is 3. The summed E-state index contributed by atoms with van der Waals surface area (Å²) in [6.07, 6.45) is 7.76. The third-order valence-electron chi connectivity index (χ3n) is 6.53. The second kappa shape index (κ2) is 11.4. The van der Waals surface area contributed by atoms with E-state index in [0.717, 1.165) is 73.3 Å². The highest BCUT2D eigenvalue weighted by Gasteiger charge is 2.35. The lowest BCUT2D eigenvalue weighted by molar-refractivity contribution is -0.140. The lowest BCUT2D eigenvalue weighted by atomic mass is 9.97. The Balaban J connectivity index is 1.27. The second-order valence-corrected chi connectivity index (χ2v) is 9.09. The minimum Gasteiger partial charge on any atom is -0.481 e. The number of aliphatic imine (C=N–C) groups is 1. The van der Waals surface area contributed by atoms with Crippen molar-refractivity contribution in [1.29, 1.82) is 0 Å². The van der Waals surface area contributed by atoms with Crippen molar-refractivity contribution < 1.29 is 14.6 Å². The van der Waals surface area contributed by atoms with Gasteiger partial charge in [-0.25, -0.2) is 4.99 Å². The van der Waals surface area contributed by atoms with Crippen LogP contribution in [0.3, 0.4) is 0 Å². The van der Waals surface area contributed by atoms with E-state index in [1.54, 1.807) is 6.20 Å². The molecule has 4 rings (SSSR count). The highest BCUT2D eigenvalue weighted by Crippen LogP contribution is 2.31. The summed E-state index contributed by atoms with van der Waals surface area (Å²) in [4.78, 5) is 23.0. The van der Waals surface area contributed by atoms with Crippen molar-refractivity contribution in [1.82, 2.24) is 15.2 Å². The molecule has 2 aliphatic heterocycles. The van der Waals surface area contributed by atoms with E-state index >= 15 is 0 Å². The quantitative estimate of drug-likeness (QED) is 0.378. The molecule has 1 atom stereocenters. The number of carbonyl (C=O) groups is 1. The third kappa shape index (κ3) is 6.10. The molecule has 2 aromatic rings. The van der Waals surface area contributed by atoms with Gasteiger partial charge in [0.2, 0.25) is 0 Å². The van der Waals surface area contributed by atoms with Gasteiger partial charge in [-0.2, -0.15) is 0 Å². The zero-order valence-corrected chi connectivity index (χ0v) is 19.9. The standard InChI is InChI=1S/C27H34N4O3/c1-3-22(30-27-19(2)8-6-12-28-27)10-7-13-34-23-17-31(18-23)25(15-26(32)33)21-14-20-9-4-5-11-24(20)29-16-21/h3-5,9,11,14,16,23,25,28H,1,6-8,10,12-13,15,17-18H2,2H3,(H,32,33)/b30-22+. The number of aliphatic carboxylic acids is 1. The van der Waals surface area contributed by atoms with Crippen molar-refractivity contribution in [3.8, 4) is 0 Å². The molecule has 34 heavy (non-hydrogen) atoms. The Kier molecular flexibility index (Phi) is 8.08. The molecule has 2 N–H and O–H groups in total. The fraction of sp³-hybridized carbons (Fsp3) is 0.444. The summed E-state index contributed by atoms with van der Waals surface area (Å²) in [6, 6.07) is 9.75. The van der Waals surface area contributed by atoms with Gasteiger partial charge in [-0.05, 0) is 62.0 Å². The van der Waals surface area contributed by atoms with Crippen molar-refractivity contribution in [2.24, 2.45) is 4.99 Å². The minimum absolute atomic E-state index is 0.0508. The lowest BCUT2D eigenvalue weighted by Crippen LogP contribution is -2.53. The van der Waals surface area contributed by atoms with Crippen molar-refractivity contribution in [3.63, 3.8) is 0 Å². The number of hydrogen-bond acceptors (Lipinski definition) is 6. The van der Waals surface area contributed by atoms with Gasteiger partial charge in [-0.1, -0.05) is 24.8 Å². The molecule has 1 saturated heterocycles. The van der Waals surface area contributed by atoms with Gasteiger partial charge < -0.3 is 15.2 Å². The monoisotopic (exact) mass is 462 g/mol. The first-order valence-electron chi connectivity index (χ1n) is 12.1. The minimum atomic E-state index is -0.809. The van der Waals surface area contributed by atoms with Crippen LogP contribution >= 0.6 is 0 Å². The van der Waals surface area contributed by atoms with Gasteiger partial charge in [-0.15, -0.1) is 0 Å². The van der Waals surface area contributed by atoms with Crippen molar-refractivity contribution in [2.75, 3.05) is 26.2 Å². The molecule has 0 spiro atoms. The molecular formula is C27H34N4O3. The number of nitrogens with one attached hydrogen (secondary N) is 1. The van der Waals surface area contributed by atoms with Gasteiger partial charge >= 0.3 is 5.97 Å². The van der Waals surface area contributed by atoms with Crippen LogP contribution in [0.15, 0.2) is 65.6 Å². The fourth-order valence-electron chi connectivity index (χ4n) is 4.54. The van der Waals surface area contributed by atoms with Crippen LogP contribution in [-0.4, -0.2) is 59.0 Å². The molecule has 3 heterocycles. The summed E-state index contributed by atoms with van der Waals surface area (Å²) in [7, 11) is 0. The van der Waals surface area contributed by atoms with E-state index in [1.165, 1.54) is 5.57 Å². The molecule has 0 bridgehead atoms. The first-order chi connectivity index (χ1) is 16.5. The number of aromatic nitrogens is 1. The van der Waals surface area contributed by atoms with Gasteiger partial charge in [-0.3, -0.25) is 14.7 Å². The van der Waals surface area contributed by atoms with Crippen molar-refractivity contribution >= 4 is 22.6 Å². The summed E-state index contributed by atoms with van der Waals surface area (Å²) in [5.41, 5.74) is 4.13. The largest absolute Gasteiger partial charge is 0.481 e. The summed E-state index contributed by atoms with van der Waals surface area (Å²) in [5.74, 6) is 0.181. The molecule has 7 nitrogen and oxygen atoms in total. The number of rotatable bonds is 11. The van der Waals surface area contributed by atoms with E-state index < -0.39 is 5.97 Å². The van der Waals surface area contributed by atoms with Gasteiger partial charge in [0.05, 0.1) is 18.0 Å². The number of benzene rings is 1. The second-order valence-electron chi connectivity index (χ2n) is 9.09. The maximum Gasteiger partial charge on any atom is 0.305 e. The van der Waals surface area contributed by atoms with E-state index in [4.69, 9.17) is 9.73 Å². The Morgan fingerprint density at radius 3 is 3.00 bits per heavy atom. The molecule has 1 aromatic heterocycles. The number of carboxylic acid groups (broad SMARTS) is 1. The smallest absolute Gasteiger partial charge is 0.305 e. The van der Waals surface area contributed by atoms with Gasteiger partial charge in [0, 0.05) is 49.6 Å². The molecule has 1 aromatic carbocycles. The topological polar surface area (TPSA) is 87.0 Å². The molecular weight excluding hydrogens is 428 g/mol. The molecule has 0 amide bonds. The highest BCUT2D eigenvalue weighted by molar-refractivity contribution is 5.95. The van der Waals surface area contributed by atoms with Crippen LogP contribution in [-0.2, 0) is 9.53 Å². The number of likely N-dealkylation sites (tertiary alicyclic amines) is 1. The number of para-hydroxylation sites is 1. The average Bonchev–Trinajstić information content (AvgIpc) is 2.81. The van der Waals surface area contributed by atoms with Crippen molar-refractivity contribution in [3.05, 3.63) is 66.1 Å². The Morgan fingerprint density at radius 1 is 1.41 bits per heavy atom. The van der Waals surface area contributed by atoms with E-state index in [9.17, 15) is 9.90 Å². The van der Waals surface area contributed by atoms with Gasteiger partial charge in [0.1, 0.15) is 5.82 Å². The number of fused-ring (bicyclic) bond motifs is 1. The first kappa shape index (κ1) is 24.1. The number of pyridine rings is 1. The molecule has 7 heteroatoms. The van der Waals surface area contributed by atoms with Crippen LogP contribution in [0, 0.1) is 0 Å². The molecule has 0 aliphatic carbocycles. The van der Waals surface area contributed by atoms with Crippen molar-refractivity contribution in [2.45, 2.75) is 51.2 Å². The Morgan fingerprint density at radius 2 is 2.24 bits per heavy atom. The van der Waals surface area contributed by atoms with Crippen LogP contribution in [0.4, 0.5) is 0 Å². The predicted octanol–water partition coefficient (Wildman–Crippen LogP) is 4.47. The molecule has 1 fully saturated rings. The van der Waals surface area contributed by atoms with E-state index in [-0.39, 0.29) is 18.6 Å². The van der Waals surface area contributed by atoms with Gasteiger partial charge in [0.25, 0.3) is 0 Å². The normalized spacial score (nSPS) is 18.4. The third-order valence-corrected chi connectivity index (χ3v) is 6.53. The predicted molar refractivity (Wildman–Crippen MR) is 135 cm³/mol. The van der Waals surface area contributed by atoms with Crippen LogP contribution < -0.4 is 5.32 Å². The first-order valence-corrected chi connectivity index (χ1v) is 12.1. The zero-order valence-electron chi connectivity index (χ0n) is 19.9. The number of carboxylic acids is 1. The Labute approximate surface area is 201 Å². The highest BCUT2D eigenvalue weighted by atomic mass is 16.5. The average molecular weight is 463 g/mol. The maximum atomic E-state index is 11.5. The number of hydrogen-bond donors (Lipinski definition) is 2. The molecule has 2 aliphatic rings. The SMILES string of the molecule is C=C/C(CCCOC1CN(C(CC(=O)O)c2cnc3ccccc3c2)C1)=N\C1=C(C)CCCN1. The van der Waals surface area contributed by atoms with Crippen LogP contribution in [0.5, 0.6) is 0 Å². The number of allylic oxidation sites excluding steroid dienone is 2. The summed E-state index contributed by atoms with van der Waals surface area (Å²) >= 11 is 0.